The third-order valence-corrected chi connectivity index (χ3v) is 5.81. The molecule has 1 unspecified atom stereocenters. The molecule has 0 aliphatic heterocycles. The maximum atomic E-state index is 12.6. The Bertz CT molecular complexity index is 589. The Morgan fingerprint density at radius 2 is 1.90 bits per heavy atom. The van der Waals surface area contributed by atoms with Crippen molar-refractivity contribution in [3.05, 3.63) is 41.5 Å². The van der Waals surface area contributed by atoms with Crippen LogP contribution < -0.4 is 0 Å². The van der Waals surface area contributed by atoms with Gasteiger partial charge in [0.2, 0.25) is 0 Å². The van der Waals surface area contributed by atoms with E-state index in [1.165, 1.54) is 6.08 Å². The average molecular weight is 306 g/mol. The van der Waals surface area contributed by atoms with Crippen LogP contribution >= 0.6 is 0 Å². The second kappa shape index (κ2) is 6.24. The van der Waals surface area contributed by atoms with Crippen LogP contribution in [0.1, 0.15) is 32.3 Å². The number of aryl methyl sites for hydroxylation is 1. The molecule has 3 atom stereocenters. The average Bonchev–Trinajstić information content (AvgIpc) is 2.43. The smallest absolute Gasteiger partial charge is 0.156 e. The van der Waals surface area contributed by atoms with Gasteiger partial charge >= 0.3 is 0 Å². The molecule has 0 radical (unpaired) electrons. The van der Waals surface area contributed by atoms with E-state index in [-0.39, 0.29) is 17.5 Å². The van der Waals surface area contributed by atoms with Crippen LogP contribution in [0, 0.1) is 12.8 Å². The van der Waals surface area contributed by atoms with Gasteiger partial charge in [-0.2, -0.15) is 0 Å². The van der Waals surface area contributed by atoms with Gasteiger partial charge in [0.1, 0.15) is 5.60 Å². The molecular formula is C17H22O3S. The van der Waals surface area contributed by atoms with E-state index >= 15 is 0 Å². The second-order valence-corrected chi connectivity index (χ2v) is 7.28. The largest absolute Gasteiger partial charge is 0.384 e. The van der Waals surface area contributed by atoms with Crippen LogP contribution in [0.25, 0.3) is 0 Å². The number of allylic oxidation sites excluding steroid dienone is 1. The van der Waals surface area contributed by atoms with Crippen LogP contribution in [0.15, 0.2) is 40.8 Å². The highest BCUT2D eigenvalue weighted by Gasteiger charge is 2.42. The van der Waals surface area contributed by atoms with Gasteiger partial charge in [0.15, 0.2) is 5.78 Å². The Kier molecular flexibility index (Phi) is 4.79. The highest BCUT2D eigenvalue weighted by atomic mass is 32.2. The van der Waals surface area contributed by atoms with Crippen molar-refractivity contribution in [1.82, 2.24) is 0 Å². The predicted molar refractivity (Wildman–Crippen MR) is 84.6 cm³/mol. The highest BCUT2D eigenvalue weighted by molar-refractivity contribution is 7.85. The Hall–Kier alpha value is -1.26. The summed E-state index contributed by atoms with van der Waals surface area (Å²) in [6, 6.07) is 7.51. The topological polar surface area (TPSA) is 54.4 Å². The number of hydrogen-bond acceptors (Lipinski definition) is 3. The number of ketones is 1. The number of rotatable bonds is 4. The molecule has 1 aromatic rings. The number of carbonyl (C=O) groups excluding carboxylic acids is 1. The zero-order chi connectivity index (χ0) is 15.6. The van der Waals surface area contributed by atoms with Crippen LogP contribution in [-0.4, -0.2) is 26.5 Å². The van der Waals surface area contributed by atoms with Crippen LogP contribution in [0.3, 0.4) is 0 Å². The van der Waals surface area contributed by atoms with E-state index in [0.717, 1.165) is 5.56 Å². The summed E-state index contributed by atoms with van der Waals surface area (Å²) in [4.78, 5) is 12.4. The van der Waals surface area contributed by atoms with Gasteiger partial charge < -0.3 is 5.11 Å². The molecular weight excluding hydrogens is 284 g/mol. The molecule has 21 heavy (non-hydrogen) atoms. The van der Waals surface area contributed by atoms with Gasteiger partial charge in [-0.1, -0.05) is 24.6 Å². The summed E-state index contributed by atoms with van der Waals surface area (Å²) in [5.74, 6) is 0.0269. The minimum Gasteiger partial charge on any atom is -0.384 e. The first kappa shape index (κ1) is 16.1. The molecule has 4 heteroatoms. The van der Waals surface area contributed by atoms with Gasteiger partial charge in [0.05, 0.1) is 16.6 Å². The maximum Gasteiger partial charge on any atom is 0.156 e. The van der Waals surface area contributed by atoms with E-state index in [1.54, 1.807) is 6.92 Å². The lowest BCUT2D eigenvalue weighted by molar-refractivity contribution is -0.118. The molecule has 0 spiro atoms. The summed E-state index contributed by atoms with van der Waals surface area (Å²) < 4.78 is 12.6. The fourth-order valence-electron chi connectivity index (χ4n) is 2.85. The summed E-state index contributed by atoms with van der Waals surface area (Å²) >= 11 is 0. The molecule has 114 valence electrons. The standard InChI is InChI=1S/C17H22O3S/c1-4-14-10-15(18)9-13(3)17(14,19)11-21(20)16-7-5-12(2)6-8-16/h5-9,14,19H,4,10-11H2,1-3H3/t14-,17+,21?/m1/s1. The lowest BCUT2D eigenvalue weighted by Crippen LogP contribution is -2.47. The second-order valence-electron chi connectivity index (χ2n) is 5.83. The third kappa shape index (κ3) is 3.33. The van der Waals surface area contributed by atoms with Crippen LogP contribution in [0.4, 0.5) is 0 Å². The molecule has 0 fully saturated rings. The predicted octanol–water partition coefficient (Wildman–Crippen LogP) is 2.78. The number of benzene rings is 1. The summed E-state index contributed by atoms with van der Waals surface area (Å²) in [7, 11) is -1.28. The van der Waals surface area contributed by atoms with Crippen molar-refractivity contribution in [2.45, 2.75) is 44.1 Å². The maximum absolute atomic E-state index is 12.6. The van der Waals surface area contributed by atoms with E-state index < -0.39 is 16.4 Å². The van der Waals surface area contributed by atoms with Crippen LogP contribution in [-0.2, 0) is 15.6 Å². The van der Waals surface area contributed by atoms with E-state index in [1.807, 2.05) is 38.1 Å². The van der Waals surface area contributed by atoms with E-state index in [0.29, 0.717) is 23.3 Å². The van der Waals surface area contributed by atoms with E-state index in [4.69, 9.17) is 0 Å². The van der Waals surface area contributed by atoms with Crippen molar-refractivity contribution in [1.29, 1.82) is 0 Å². The zero-order valence-corrected chi connectivity index (χ0v) is 13.6. The van der Waals surface area contributed by atoms with Crippen LogP contribution in [0.5, 0.6) is 0 Å². The minimum atomic E-state index is -1.28. The molecule has 1 aliphatic rings. The van der Waals surface area contributed by atoms with Crippen molar-refractivity contribution in [2.75, 3.05) is 5.75 Å². The van der Waals surface area contributed by atoms with Crippen LogP contribution in [0.2, 0.25) is 0 Å². The first-order valence-electron chi connectivity index (χ1n) is 7.26. The highest BCUT2D eigenvalue weighted by Crippen LogP contribution is 2.36. The van der Waals surface area contributed by atoms with Gasteiger partial charge in [-0.3, -0.25) is 9.00 Å². The van der Waals surface area contributed by atoms with Gasteiger partial charge in [-0.15, -0.1) is 0 Å². The van der Waals surface area contributed by atoms with E-state index in [9.17, 15) is 14.1 Å². The van der Waals surface area contributed by atoms with Gasteiger partial charge in [0.25, 0.3) is 0 Å². The quantitative estimate of drug-likeness (QED) is 0.930. The molecule has 3 nitrogen and oxygen atoms in total. The Morgan fingerprint density at radius 3 is 2.48 bits per heavy atom. The van der Waals surface area contributed by atoms with Crippen molar-refractivity contribution >= 4 is 16.6 Å². The molecule has 0 amide bonds. The van der Waals surface area contributed by atoms with Gasteiger partial charge in [-0.05, 0) is 50.0 Å². The summed E-state index contributed by atoms with van der Waals surface area (Å²) in [6.07, 6.45) is 2.52. The molecule has 0 heterocycles. The third-order valence-electron chi connectivity index (χ3n) is 4.31. The van der Waals surface area contributed by atoms with E-state index in [2.05, 4.69) is 0 Å². The molecule has 0 bridgehead atoms. The SMILES string of the molecule is CC[C@@H]1CC(=O)C=C(C)[C@@]1(O)CS(=O)c1ccc(C)cc1. The van der Waals surface area contributed by atoms with Crippen molar-refractivity contribution in [3.8, 4) is 0 Å². The van der Waals surface area contributed by atoms with Crippen molar-refractivity contribution in [2.24, 2.45) is 5.92 Å². The molecule has 0 saturated heterocycles. The van der Waals surface area contributed by atoms with Crippen molar-refractivity contribution < 1.29 is 14.1 Å². The molecule has 2 rings (SSSR count). The number of aliphatic hydroxyl groups is 1. The number of hydrogen-bond donors (Lipinski definition) is 1. The summed E-state index contributed by atoms with van der Waals surface area (Å²) in [5, 5.41) is 11.0. The first-order chi connectivity index (χ1) is 9.86. The summed E-state index contributed by atoms with van der Waals surface area (Å²) in [6.45, 7) is 5.69. The molecule has 0 aromatic heterocycles. The normalized spacial score (nSPS) is 27.3. The van der Waals surface area contributed by atoms with Crippen molar-refractivity contribution in [3.63, 3.8) is 0 Å². The number of carbonyl (C=O) groups is 1. The molecule has 0 saturated carbocycles. The Morgan fingerprint density at radius 1 is 1.29 bits per heavy atom. The summed E-state index contributed by atoms with van der Waals surface area (Å²) in [5.41, 5.74) is 0.588. The first-order valence-corrected chi connectivity index (χ1v) is 8.57. The molecule has 1 N–H and O–H groups in total. The Labute approximate surface area is 128 Å². The minimum absolute atomic E-state index is 0.0464. The Balaban J connectivity index is 2.26. The molecule has 1 aromatic carbocycles. The fourth-order valence-corrected chi connectivity index (χ4v) is 4.32. The lowest BCUT2D eigenvalue weighted by atomic mass is 9.74. The fraction of sp³-hybridized carbons (Fsp3) is 0.471. The monoisotopic (exact) mass is 306 g/mol. The lowest BCUT2D eigenvalue weighted by Gasteiger charge is -2.38. The zero-order valence-electron chi connectivity index (χ0n) is 12.8. The van der Waals surface area contributed by atoms with Gasteiger partial charge in [-0.25, -0.2) is 0 Å². The van der Waals surface area contributed by atoms with Gasteiger partial charge in [0, 0.05) is 11.3 Å². The molecule has 1 aliphatic carbocycles.